The van der Waals surface area contributed by atoms with Gasteiger partial charge in [0.15, 0.2) is 0 Å². The molecule has 23 heavy (non-hydrogen) atoms. The number of carbonyl (C=O) groups is 1. The Kier molecular flexibility index (Phi) is 4.63. The molecule has 3 heterocycles. The zero-order valence-electron chi connectivity index (χ0n) is 12.6. The Labute approximate surface area is 140 Å². The quantitative estimate of drug-likeness (QED) is 0.911. The normalized spacial score (nSPS) is 23.2. The van der Waals surface area contributed by atoms with Crippen molar-refractivity contribution in [3.63, 3.8) is 0 Å². The lowest BCUT2D eigenvalue weighted by molar-refractivity contribution is 0.0680. The molecule has 2 saturated heterocycles. The third kappa shape index (κ3) is 2.96. The zero-order valence-corrected chi connectivity index (χ0v) is 13.5. The van der Waals surface area contributed by atoms with Crippen LogP contribution < -0.4 is 5.32 Å². The predicted molar refractivity (Wildman–Crippen MR) is 87.4 cm³/mol. The van der Waals surface area contributed by atoms with Gasteiger partial charge in [-0.05, 0) is 37.9 Å². The standard InChI is InChI=1S/C16H18N4O2.ClH/c21-16(20-13-5-6-14(20)9-17-8-7-13)12-3-1-11(2-4-12)15-18-10-22-19-15;/h1-4,10,13-14,17H,5-9H2;1H. The average Bonchev–Trinajstić information content (AvgIpc) is 3.14. The van der Waals surface area contributed by atoms with E-state index in [9.17, 15) is 4.79 Å². The van der Waals surface area contributed by atoms with Gasteiger partial charge in [-0.1, -0.05) is 17.3 Å². The number of halogens is 1. The number of hydrogen-bond acceptors (Lipinski definition) is 5. The van der Waals surface area contributed by atoms with Gasteiger partial charge in [0.05, 0.1) is 0 Å². The summed E-state index contributed by atoms with van der Waals surface area (Å²) in [6.07, 6.45) is 4.57. The largest absolute Gasteiger partial charge is 0.342 e. The first kappa shape index (κ1) is 16.0. The fourth-order valence-electron chi connectivity index (χ4n) is 3.52. The molecule has 1 amide bonds. The van der Waals surface area contributed by atoms with Gasteiger partial charge in [0, 0.05) is 29.8 Å². The number of aromatic nitrogens is 2. The molecule has 0 spiro atoms. The van der Waals surface area contributed by atoms with Crippen molar-refractivity contribution in [2.75, 3.05) is 13.1 Å². The van der Waals surface area contributed by atoms with Crippen LogP contribution in [-0.4, -0.2) is 46.1 Å². The van der Waals surface area contributed by atoms with E-state index < -0.39 is 0 Å². The minimum absolute atomic E-state index is 0. The Morgan fingerprint density at radius 1 is 1.17 bits per heavy atom. The first-order chi connectivity index (χ1) is 10.8. The average molecular weight is 335 g/mol. The van der Waals surface area contributed by atoms with E-state index in [1.807, 2.05) is 24.3 Å². The highest BCUT2D eigenvalue weighted by molar-refractivity contribution is 5.95. The van der Waals surface area contributed by atoms with Gasteiger partial charge in [-0.15, -0.1) is 12.4 Å². The van der Waals surface area contributed by atoms with E-state index >= 15 is 0 Å². The van der Waals surface area contributed by atoms with Gasteiger partial charge in [0.25, 0.3) is 5.91 Å². The van der Waals surface area contributed by atoms with E-state index in [-0.39, 0.29) is 18.3 Å². The Morgan fingerprint density at radius 3 is 2.70 bits per heavy atom. The molecule has 2 fully saturated rings. The Balaban J connectivity index is 0.00000156. The molecule has 0 radical (unpaired) electrons. The smallest absolute Gasteiger partial charge is 0.254 e. The minimum atomic E-state index is 0. The Hall–Kier alpha value is -1.92. The number of nitrogens with zero attached hydrogens (tertiary/aromatic N) is 3. The number of carbonyl (C=O) groups excluding carboxylic acids is 1. The molecule has 7 heteroatoms. The first-order valence-electron chi connectivity index (χ1n) is 7.73. The number of rotatable bonds is 2. The minimum Gasteiger partial charge on any atom is -0.342 e. The third-order valence-electron chi connectivity index (χ3n) is 4.64. The van der Waals surface area contributed by atoms with Gasteiger partial charge in [0.1, 0.15) is 0 Å². The maximum Gasteiger partial charge on any atom is 0.254 e. The van der Waals surface area contributed by atoms with Crippen molar-refractivity contribution in [2.45, 2.75) is 31.3 Å². The lowest BCUT2D eigenvalue weighted by atomic mass is 10.1. The molecule has 4 rings (SSSR count). The van der Waals surface area contributed by atoms with Crippen LogP contribution in [0.25, 0.3) is 11.4 Å². The number of fused-ring (bicyclic) bond motifs is 2. The van der Waals surface area contributed by atoms with E-state index in [0.717, 1.165) is 43.5 Å². The van der Waals surface area contributed by atoms with E-state index in [1.165, 1.54) is 6.39 Å². The second-order valence-corrected chi connectivity index (χ2v) is 5.92. The summed E-state index contributed by atoms with van der Waals surface area (Å²) in [7, 11) is 0. The predicted octanol–water partition coefficient (Wildman–Crippen LogP) is 2.12. The van der Waals surface area contributed by atoms with Gasteiger partial charge in [-0.25, -0.2) is 0 Å². The van der Waals surface area contributed by atoms with Gasteiger partial charge >= 0.3 is 0 Å². The van der Waals surface area contributed by atoms with Crippen LogP contribution in [0.1, 0.15) is 29.6 Å². The maximum absolute atomic E-state index is 12.9. The highest BCUT2D eigenvalue weighted by Crippen LogP contribution is 2.29. The number of amides is 1. The van der Waals surface area contributed by atoms with Gasteiger partial charge in [0.2, 0.25) is 12.2 Å². The fourth-order valence-corrected chi connectivity index (χ4v) is 3.52. The van der Waals surface area contributed by atoms with Crippen molar-refractivity contribution in [3.8, 4) is 11.4 Å². The van der Waals surface area contributed by atoms with E-state index in [0.29, 0.717) is 17.9 Å². The van der Waals surface area contributed by atoms with Crippen LogP contribution >= 0.6 is 12.4 Å². The van der Waals surface area contributed by atoms with Gasteiger partial charge in [-0.2, -0.15) is 4.98 Å². The fraction of sp³-hybridized carbons (Fsp3) is 0.438. The van der Waals surface area contributed by atoms with Crippen molar-refractivity contribution in [2.24, 2.45) is 0 Å². The first-order valence-corrected chi connectivity index (χ1v) is 7.73. The van der Waals surface area contributed by atoms with E-state index in [1.54, 1.807) is 0 Å². The molecule has 2 aliphatic rings. The lowest BCUT2D eigenvalue weighted by Gasteiger charge is -2.28. The van der Waals surface area contributed by atoms with Crippen LogP contribution in [0.2, 0.25) is 0 Å². The van der Waals surface area contributed by atoms with Crippen molar-refractivity contribution in [3.05, 3.63) is 36.2 Å². The molecular weight excluding hydrogens is 316 g/mol. The molecule has 6 nitrogen and oxygen atoms in total. The molecule has 2 atom stereocenters. The van der Waals surface area contributed by atoms with Crippen molar-refractivity contribution in [1.82, 2.24) is 20.4 Å². The lowest BCUT2D eigenvalue weighted by Crippen LogP contribution is -2.42. The van der Waals surface area contributed by atoms with Crippen LogP contribution in [0.4, 0.5) is 0 Å². The van der Waals surface area contributed by atoms with E-state index in [2.05, 4.69) is 20.4 Å². The Bertz CT molecular complexity index is 645. The van der Waals surface area contributed by atoms with Crippen LogP contribution in [0, 0.1) is 0 Å². The Morgan fingerprint density at radius 2 is 1.96 bits per heavy atom. The monoisotopic (exact) mass is 334 g/mol. The number of nitrogens with one attached hydrogen (secondary N) is 1. The molecule has 2 bridgehead atoms. The van der Waals surface area contributed by atoms with Crippen LogP contribution in [0.5, 0.6) is 0 Å². The molecule has 2 unspecified atom stereocenters. The summed E-state index contributed by atoms with van der Waals surface area (Å²) < 4.78 is 4.75. The van der Waals surface area contributed by atoms with E-state index in [4.69, 9.17) is 4.52 Å². The van der Waals surface area contributed by atoms with Crippen molar-refractivity contribution < 1.29 is 9.32 Å². The molecule has 2 aromatic rings. The van der Waals surface area contributed by atoms with Crippen molar-refractivity contribution in [1.29, 1.82) is 0 Å². The molecule has 0 aliphatic carbocycles. The SMILES string of the molecule is Cl.O=C(c1ccc(-c2ncon2)cc1)N1C2CCNCC1CC2. The van der Waals surface area contributed by atoms with Crippen LogP contribution in [0.3, 0.4) is 0 Å². The second-order valence-electron chi connectivity index (χ2n) is 5.92. The molecule has 1 aromatic heterocycles. The molecule has 1 N–H and O–H groups in total. The molecule has 2 aliphatic heterocycles. The summed E-state index contributed by atoms with van der Waals surface area (Å²) >= 11 is 0. The summed E-state index contributed by atoms with van der Waals surface area (Å²) in [4.78, 5) is 19.0. The zero-order chi connectivity index (χ0) is 14.9. The summed E-state index contributed by atoms with van der Waals surface area (Å²) in [6, 6.07) is 8.16. The van der Waals surface area contributed by atoms with Gasteiger partial charge < -0.3 is 14.7 Å². The molecule has 122 valence electrons. The van der Waals surface area contributed by atoms with Crippen LogP contribution in [-0.2, 0) is 0 Å². The number of benzene rings is 1. The van der Waals surface area contributed by atoms with Gasteiger partial charge in [-0.3, -0.25) is 4.79 Å². The molecule has 0 saturated carbocycles. The topological polar surface area (TPSA) is 71.3 Å². The highest BCUT2D eigenvalue weighted by Gasteiger charge is 2.38. The molecule has 1 aromatic carbocycles. The summed E-state index contributed by atoms with van der Waals surface area (Å²) in [5.74, 6) is 0.675. The summed E-state index contributed by atoms with van der Waals surface area (Å²) in [5, 5.41) is 7.23. The summed E-state index contributed by atoms with van der Waals surface area (Å²) in [5.41, 5.74) is 1.58. The van der Waals surface area contributed by atoms with Crippen molar-refractivity contribution >= 4 is 18.3 Å². The number of hydrogen-bond donors (Lipinski definition) is 1. The second kappa shape index (κ2) is 6.68. The maximum atomic E-state index is 12.9. The van der Waals surface area contributed by atoms with Crippen LogP contribution in [0.15, 0.2) is 35.2 Å². The molecular formula is C16H19ClN4O2. The third-order valence-corrected chi connectivity index (χ3v) is 4.64. The highest BCUT2D eigenvalue weighted by atomic mass is 35.5. The summed E-state index contributed by atoms with van der Waals surface area (Å²) in [6.45, 7) is 1.91.